The fourth-order valence-corrected chi connectivity index (χ4v) is 2.57. The number of nitrogen functional groups attached to an aromatic ring is 1. The van der Waals surface area contributed by atoms with Crippen LogP contribution in [-0.4, -0.2) is 38.1 Å². The van der Waals surface area contributed by atoms with E-state index in [0.717, 1.165) is 12.2 Å². The van der Waals surface area contributed by atoms with Crippen LogP contribution in [-0.2, 0) is 0 Å². The number of nitrogens with zero attached hydrogens (tertiary/aromatic N) is 2. The third-order valence-electron chi connectivity index (χ3n) is 3.54. The monoisotopic (exact) mass is 219 g/mol. The van der Waals surface area contributed by atoms with Crippen LogP contribution in [0, 0.1) is 6.92 Å². The number of benzene rings is 1. The Labute approximate surface area is 97.8 Å². The molecule has 16 heavy (non-hydrogen) atoms. The second-order valence-electron chi connectivity index (χ2n) is 4.83. The summed E-state index contributed by atoms with van der Waals surface area (Å²) >= 11 is 0. The van der Waals surface area contributed by atoms with Crippen LogP contribution in [0.25, 0.3) is 0 Å². The van der Waals surface area contributed by atoms with E-state index < -0.39 is 0 Å². The molecule has 1 atom stereocenters. The van der Waals surface area contributed by atoms with Crippen molar-refractivity contribution in [2.75, 3.05) is 37.8 Å². The molecule has 0 bridgehead atoms. The molecule has 1 aliphatic heterocycles. The lowest BCUT2D eigenvalue weighted by Crippen LogP contribution is -2.34. The Kier molecular flexibility index (Phi) is 3.06. The van der Waals surface area contributed by atoms with Crippen molar-refractivity contribution < 1.29 is 0 Å². The van der Waals surface area contributed by atoms with Crippen LogP contribution in [0.15, 0.2) is 18.2 Å². The van der Waals surface area contributed by atoms with E-state index in [1.165, 1.54) is 24.2 Å². The minimum atomic E-state index is 0.591. The Morgan fingerprint density at radius 2 is 2.19 bits per heavy atom. The van der Waals surface area contributed by atoms with Gasteiger partial charge in [-0.05, 0) is 38.6 Å². The molecule has 3 nitrogen and oxygen atoms in total. The van der Waals surface area contributed by atoms with Crippen molar-refractivity contribution in [2.24, 2.45) is 0 Å². The average molecular weight is 219 g/mol. The summed E-state index contributed by atoms with van der Waals surface area (Å²) in [6.45, 7) is 4.44. The van der Waals surface area contributed by atoms with Crippen LogP contribution in [0.2, 0.25) is 0 Å². The standard InChI is InChI=1S/C13H21N3/c1-10-5-4-6-12(14)13(10)16(3)11-7-8-15(2)9-11/h4-6,11H,7-9,14H2,1-3H3. The Morgan fingerprint density at radius 3 is 2.75 bits per heavy atom. The molecular formula is C13H21N3. The number of hydrogen-bond acceptors (Lipinski definition) is 3. The highest BCUT2D eigenvalue weighted by atomic mass is 15.2. The lowest BCUT2D eigenvalue weighted by molar-refractivity contribution is 0.409. The summed E-state index contributed by atoms with van der Waals surface area (Å²) in [5, 5.41) is 0. The van der Waals surface area contributed by atoms with Crippen LogP contribution in [0.5, 0.6) is 0 Å². The molecule has 2 N–H and O–H groups in total. The first-order valence-corrected chi connectivity index (χ1v) is 5.86. The van der Waals surface area contributed by atoms with E-state index >= 15 is 0 Å². The summed E-state index contributed by atoms with van der Waals surface area (Å²) in [6, 6.07) is 6.72. The number of nitrogens with two attached hydrogens (primary N) is 1. The highest BCUT2D eigenvalue weighted by Crippen LogP contribution is 2.29. The third kappa shape index (κ3) is 2.00. The van der Waals surface area contributed by atoms with Crippen LogP contribution in [0.4, 0.5) is 11.4 Å². The van der Waals surface area contributed by atoms with Crippen molar-refractivity contribution in [3.63, 3.8) is 0 Å². The maximum absolute atomic E-state index is 6.07. The fraction of sp³-hybridized carbons (Fsp3) is 0.538. The van der Waals surface area contributed by atoms with Crippen LogP contribution >= 0.6 is 0 Å². The first-order chi connectivity index (χ1) is 7.59. The van der Waals surface area contributed by atoms with Crippen molar-refractivity contribution in [2.45, 2.75) is 19.4 Å². The molecule has 0 amide bonds. The molecule has 1 aromatic rings. The van der Waals surface area contributed by atoms with E-state index in [2.05, 4.69) is 36.9 Å². The second kappa shape index (κ2) is 4.34. The first kappa shape index (κ1) is 11.3. The lowest BCUT2D eigenvalue weighted by atomic mass is 10.1. The summed E-state index contributed by atoms with van der Waals surface area (Å²) < 4.78 is 0. The van der Waals surface area contributed by atoms with Crippen molar-refractivity contribution in [3.05, 3.63) is 23.8 Å². The van der Waals surface area contributed by atoms with E-state index in [4.69, 9.17) is 5.73 Å². The number of aryl methyl sites for hydroxylation is 1. The van der Waals surface area contributed by atoms with E-state index in [0.29, 0.717) is 6.04 Å². The highest BCUT2D eigenvalue weighted by Gasteiger charge is 2.25. The van der Waals surface area contributed by atoms with Gasteiger partial charge in [0.15, 0.2) is 0 Å². The molecule has 2 rings (SSSR count). The fourth-order valence-electron chi connectivity index (χ4n) is 2.57. The molecular weight excluding hydrogens is 198 g/mol. The molecule has 1 heterocycles. The van der Waals surface area contributed by atoms with Gasteiger partial charge >= 0.3 is 0 Å². The largest absolute Gasteiger partial charge is 0.397 e. The van der Waals surface area contributed by atoms with Gasteiger partial charge in [0.1, 0.15) is 0 Å². The number of hydrogen-bond donors (Lipinski definition) is 1. The van der Waals surface area contributed by atoms with E-state index in [9.17, 15) is 0 Å². The van der Waals surface area contributed by atoms with E-state index in [-0.39, 0.29) is 0 Å². The molecule has 3 heteroatoms. The molecule has 1 aliphatic rings. The Balaban J connectivity index is 2.23. The zero-order valence-corrected chi connectivity index (χ0v) is 10.4. The van der Waals surface area contributed by atoms with Gasteiger partial charge in [-0.25, -0.2) is 0 Å². The summed E-state index contributed by atoms with van der Waals surface area (Å²) in [5.74, 6) is 0. The topological polar surface area (TPSA) is 32.5 Å². The van der Waals surface area contributed by atoms with Gasteiger partial charge in [0.2, 0.25) is 0 Å². The van der Waals surface area contributed by atoms with Crippen LogP contribution < -0.4 is 10.6 Å². The zero-order chi connectivity index (χ0) is 11.7. The van der Waals surface area contributed by atoms with Gasteiger partial charge in [0, 0.05) is 19.6 Å². The van der Waals surface area contributed by atoms with Gasteiger partial charge in [0.25, 0.3) is 0 Å². The van der Waals surface area contributed by atoms with Gasteiger partial charge in [-0.3, -0.25) is 0 Å². The molecule has 0 aliphatic carbocycles. The third-order valence-corrected chi connectivity index (χ3v) is 3.54. The molecule has 0 spiro atoms. The van der Waals surface area contributed by atoms with Gasteiger partial charge in [-0.15, -0.1) is 0 Å². The minimum Gasteiger partial charge on any atom is -0.397 e. The van der Waals surface area contributed by atoms with Crippen molar-refractivity contribution in [1.29, 1.82) is 0 Å². The minimum absolute atomic E-state index is 0.591. The molecule has 88 valence electrons. The Morgan fingerprint density at radius 1 is 1.44 bits per heavy atom. The van der Waals surface area contributed by atoms with Crippen molar-refractivity contribution in [1.82, 2.24) is 4.90 Å². The number of para-hydroxylation sites is 1. The first-order valence-electron chi connectivity index (χ1n) is 5.86. The number of likely N-dealkylation sites (N-methyl/N-ethyl adjacent to an activating group) is 2. The molecule has 1 aromatic carbocycles. The summed E-state index contributed by atoms with van der Waals surface area (Å²) in [7, 11) is 4.33. The predicted octanol–water partition coefficient (Wildman–Crippen LogP) is 1.72. The second-order valence-corrected chi connectivity index (χ2v) is 4.83. The average Bonchev–Trinajstić information content (AvgIpc) is 2.64. The van der Waals surface area contributed by atoms with Gasteiger partial charge in [-0.1, -0.05) is 12.1 Å². The summed E-state index contributed by atoms with van der Waals surface area (Å²) in [6.07, 6.45) is 1.22. The van der Waals surface area contributed by atoms with Crippen molar-refractivity contribution in [3.8, 4) is 0 Å². The van der Waals surface area contributed by atoms with E-state index in [1.54, 1.807) is 0 Å². The molecule has 1 saturated heterocycles. The number of likely N-dealkylation sites (tertiary alicyclic amines) is 1. The van der Waals surface area contributed by atoms with Crippen molar-refractivity contribution >= 4 is 11.4 Å². The zero-order valence-electron chi connectivity index (χ0n) is 10.4. The molecule has 1 fully saturated rings. The lowest BCUT2D eigenvalue weighted by Gasteiger charge is -2.29. The predicted molar refractivity (Wildman–Crippen MR) is 69.9 cm³/mol. The SMILES string of the molecule is Cc1cccc(N)c1N(C)C1CCN(C)C1. The van der Waals surface area contributed by atoms with Gasteiger partial charge < -0.3 is 15.5 Å². The Bertz CT molecular complexity index is 355. The normalized spacial score (nSPS) is 21.3. The number of rotatable bonds is 2. The smallest absolute Gasteiger partial charge is 0.0629 e. The quantitative estimate of drug-likeness (QED) is 0.769. The maximum Gasteiger partial charge on any atom is 0.0629 e. The van der Waals surface area contributed by atoms with Gasteiger partial charge in [-0.2, -0.15) is 0 Å². The summed E-state index contributed by atoms with van der Waals surface area (Å²) in [4.78, 5) is 4.71. The highest BCUT2D eigenvalue weighted by molar-refractivity contribution is 5.71. The summed E-state index contributed by atoms with van der Waals surface area (Å²) in [5.41, 5.74) is 9.41. The maximum atomic E-state index is 6.07. The van der Waals surface area contributed by atoms with Gasteiger partial charge in [0.05, 0.1) is 11.4 Å². The molecule has 0 aromatic heterocycles. The molecule has 0 radical (unpaired) electrons. The number of anilines is 2. The van der Waals surface area contributed by atoms with Crippen LogP contribution in [0.3, 0.4) is 0 Å². The van der Waals surface area contributed by atoms with Crippen LogP contribution in [0.1, 0.15) is 12.0 Å². The molecule has 0 saturated carbocycles. The molecule has 1 unspecified atom stereocenters. The van der Waals surface area contributed by atoms with E-state index in [1.807, 2.05) is 12.1 Å². The Hall–Kier alpha value is -1.22.